The third-order valence-electron chi connectivity index (χ3n) is 3.61. The van der Waals surface area contributed by atoms with Gasteiger partial charge in [-0.25, -0.2) is 13.1 Å². The molecular formula is C13H21N3O3S2. The van der Waals surface area contributed by atoms with E-state index in [1.54, 1.807) is 11.0 Å². The van der Waals surface area contributed by atoms with E-state index in [4.69, 9.17) is 5.73 Å². The number of nitrogen functional groups attached to an aromatic ring is 1. The zero-order valence-electron chi connectivity index (χ0n) is 12.3. The van der Waals surface area contributed by atoms with E-state index in [0.29, 0.717) is 30.2 Å². The third kappa shape index (κ3) is 4.42. The first-order valence-electron chi connectivity index (χ1n) is 6.86. The lowest BCUT2D eigenvalue weighted by atomic mass is 9.98. The SMILES string of the molecule is Cc1sc(C(=O)N2CCCC(CNS(C)(=O)=O)C2)cc1N. The van der Waals surface area contributed by atoms with Crippen molar-refractivity contribution in [3.63, 3.8) is 0 Å². The van der Waals surface area contributed by atoms with Crippen LogP contribution in [0.15, 0.2) is 6.07 Å². The Kier molecular flexibility index (Phi) is 4.90. The molecule has 0 spiro atoms. The van der Waals surface area contributed by atoms with E-state index in [2.05, 4.69) is 4.72 Å². The van der Waals surface area contributed by atoms with E-state index >= 15 is 0 Å². The Morgan fingerprint density at radius 2 is 2.29 bits per heavy atom. The normalized spacial score (nSPS) is 19.7. The topological polar surface area (TPSA) is 92.5 Å². The second kappa shape index (κ2) is 6.33. The van der Waals surface area contributed by atoms with Gasteiger partial charge in [0.25, 0.3) is 5.91 Å². The highest BCUT2D eigenvalue weighted by atomic mass is 32.2. The summed E-state index contributed by atoms with van der Waals surface area (Å²) < 4.78 is 24.8. The largest absolute Gasteiger partial charge is 0.398 e. The Hall–Kier alpha value is -1.12. The maximum atomic E-state index is 12.5. The number of carbonyl (C=O) groups is 1. The van der Waals surface area contributed by atoms with Gasteiger partial charge < -0.3 is 10.6 Å². The van der Waals surface area contributed by atoms with Crippen molar-refractivity contribution in [2.75, 3.05) is 31.6 Å². The van der Waals surface area contributed by atoms with Crippen LogP contribution in [0.25, 0.3) is 0 Å². The van der Waals surface area contributed by atoms with Crippen LogP contribution in [0.4, 0.5) is 5.69 Å². The molecule has 1 unspecified atom stereocenters. The van der Waals surface area contributed by atoms with Crippen LogP contribution >= 0.6 is 11.3 Å². The lowest BCUT2D eigenvalue weighted by Crippen LogP contribution is -2.43. The first-order chi connectivity index (χ1) is 9.76. The van der Waals surface area contributed by atoms with Gasteiger partial charge in [0.15, 0.2) is 0 Å². The molecule has 1 aliphatic heterocycles. The van der Waals surface area contributed by atoms with E-state index in [9.17, 15) is 13.2 Å². The molecule has 1 saturated heterocycles. The Labute approximate surface area is 129 Å². The summed E-state index contributed by atoms with van der Waals surface area (Å²) in [6.07, 6.45) is 2.97. The Morgan fingerprint density at radius 3 is 2.86 bits per heavy atom. The zero-order chi connectivity index (χ0) is 15.6. The second-order valence-corrected chi connectivity index (χ2v) is 8.59. The predicted octanol–water partition coefficient (Wildman–Crippen LogP) is 1.04. The number of amides is 1. The summed E-state index contributed by atoms with van der Waals surface area (Å²) in [4.78, 5) is 15.9. The van der Waals surface area contributed by atoms with Crippen LogP contribution in [0.3, 0.4) is 0 Å². The lowest BCUT2D eigenvalue weighted by Gasteiger charge is -2.32. The molecule has 6 nitrogen and oxygen atoms in total. The van der Waals surface area contributed by atoms with Gasteiger partial charge in [0.05, 0.1) is 11.1 Å². The second-order valence-electron chi connectivity index (χ2n) is 5.50. The number of piperidine rings is 1. The van der Waals surface area contributed by atoms with Crippen LogP contribution in [-0.2, 0) is 10.0 Å². The van der Waals surface area contributed by atoms with Crippen molar-refractivity contribution >= 4 is 33.0 Å². The molecule has 1 atom stereocenters. The highest BCUT2D eigenvalue weighted by molar-refractivity contribution is 7.88. The maximum Gasteiger partial charge on any atom is 0.264 e. The number of thiophene rings is 1. The van der Waals surface area contributed by atoms with E-state index in [0.717, 1.165) is 24.0 Å². The molecule has 2 rings (SSSR count). The molecule has 1 aromatic rings. The van der Waals surface area contributed by atoms with E-state index in [1.165, 1.54) is 11.3 Å². The highest BCUT2D eigenvalue weighted by Gasteiger charge is 2.26. The van der Waals surface area contributed by atoms with Gasteiger partial charge >= 0.3 is 0 Å². The summed E-state index contributed by atoms with van der Waals surface area (Å²) in [6, 6.07) is 1.72. The van der Waals surface area contributed by atoms with Crippen LogP contribution in [0, 0.1) is 12.8 Å². The molecule has 0 saturated carbocycles. The predicted molar refractivity (Wildman–Crippen MR) is 84.9 cm³/mol. The monoisotopic (exact) mass is 331 g/mol. The molecule has 0 aliphatic carbocycles. The van der Waals surface area contributed by atoms with Gasteiger partial charge in [0.2, 0.25) is 10.0 Å². The smallest absolute Gasteiger partial charge is 0.264 e. The number of carbonyl (C=O) groups excluding carboxylic acids is 1. The summed E-state index contributed by atoms with van der Waals surface area (Å²) in [6.45, 7) is 3.57. The minimum Gasteiger partial charge on any atom is -0.398 e. The maximum absolute atomic E-state index is 12.5. The van der Waals surface area contributed by atoms with Crippen LogP contribution < -0.4 is 10.5 Å². The lowest BCUT2D eigenvalue weighted by molar-refractivity contribution is 0.0681. The molecule has 1 aromatic heterocycles. The van der Waals surface area contributed by atoms with Gasteiger partial charge in [-0.05, 0) is 31.7 Å². The van der Waals surface area contributed by atoms with E-state index in [-0.39, 0.29) is 11.8 Å². The summed E-state index contributed by atoms with van der Waals surface area (Å²) in [7, 11) is -3.18. The van der Waals surface area contributed by atoms with E-state index in [1.807, 2.05) is 6.92 Å². The van der Waals surface area contributed by atoms with Crippen LogP contribution in [0.1, 0.15) is 27.4 Å². The van der Waals surface area contributed by atoms with Crippen molar-refractivity contribution in [1.29, 1.82) is 0 Å². The molecule has 2 heterocycles. The fourth-order valence-corrected chi connectivity index (χ4v) is 3.89. The Balaban J connectivity index is 1.98. The molecule has 1 amide bonds. The third-order valence-corrected chi connectivity index (χ3v) is 5.35. The quantitative estimate of drug-likeness (QED) is 0.862. The van der Waals surface area contributed by atoms with E-state index < -0.39 is 10.0 Å². The van der Waals surface area contributed by atoms with Gasteiger partial charge in [-0.3, -0.25) is 4.79 Å². The standard InChI is InChI=1S/C13H21N3O3S2/c1-9-11(14)6-12(20-9)13(17)16-5-3-4-10(8-16)7-15-21(2,18)19/h6,10,15H,3-5,7-8,14H2,1-2H3. The number of likely N-dealkylation sites (tertiary alicyclic amines) is 1. The molecule has 21 heavy (non-hydrogen) atoms. The summed E-state index contributed by atoms with van der Waals surface area (Å²) in [5.41, 5.74) is 6.44. The van der Waals surface area contributed by atoms with Crippen molar-refractivity contribution < 1.29 is 13.2 Å². The van der Waals surface area contributed by atoms with Crippen molar-refractivity contribution in [2.24, 2.45) is 5.92 Å². The molecule has 0 radical (unpaired) electrons. The number of nitrogens with one attached hydrogen (secondary N) is 1. The number of nitrogens with two attached hydrogens (primary N) is 1. The number of hydrogen-bond donors (Lipinski definition) is 2. The van der Waals surface area contributed by atoms with Crippen LogP contribution in [-0.4, -0.2) is 45.1 Å². The van der Waals surface area contributed by atoms with Gasteiger partial charge in [-0.2, -0.15) is 0 Å². The Morgan fingerprint density at radius 1 is 1.57 bits per heavy atom. The fourth-order valence-electron chi connectivity index (χ4n) is 2.44. The first kappa shape index (κ1) is 16.3. The number of nitrogens with zero attached hydrogens (tertiary/aromatic N) is 1. The van der Waals surface area contributed by atoms with Gasteiger partial charge in [-0.1, -0.05) is 0 Å². The van der Waals surface area contributed by atoms with Gasteiger partial charge in [0.1, 0.15) is 0 Å². The van der Waals surface area contributed by atoms with Crippen LogP contribution in [0.2, 0.25) is 0 Å². The van der Waals surface area contributed by atoms with Crippen molar-refractivity contribution in [3.8, 4) is 0 Å². The molecule has 8 heteroatoms. The molecule has 1 fully saturated rings. The molecule has 118 valence electrons. The first-order valence-corrected chi connectivity index (χ1v) is 9.57. The number of aryl methyl sites for hydroxylation is 1. The van der Waals surface area contributed by atoms with Crippen molar-refractivity contribution in [2.45, 2.75) is 19.8 Å². The number of hydrogen-bond acceptors (Lipinski definition) is 5. The molecule has 0 aromatic carbocycles. The number of anilines is 1. The van der Waals surface area contributed by atoms with Crippen LogP contribution in [0.5, 0.6) is 0 Å². The highest BCUT2D eigenvalue weighted by Crippen LogP contribution is 2.26. The van der Waals surface area contributed by atoms with Gasteiger partial charge in [0, 0.05) is 30.2 Å². The minimum atomic E-state index is -3.18. The van der Waals surface area contributed by atoms with Gasteiger partial charge in [-0.15, -0.1) is 11.3 Å². The summed E-state index contributed by atoms with van der Waals surface area (Å²) >= 11 is 1.41. The van der Waals surface area contributed by atoms with Crippen molar-refractivity contribution in [1.82, 2.24) is 9.62 Å². The fraction of sp³-hybridized carbons (Fsp3) is 0.615. The summed E-state index contributed by atoms with van der Waals surface area (Å²) in [5, 5.41) is 0. The minimum absolute atomic E-state index is 0.0103. The number of rotatable bonds is 4. The average Bonchev–Trinajstić information content (AvgIpc) is 2.75. The molecular weight excluding hydrogens is 310 g/mol. The molecule has 1 aliphatic rings. The number of sulfonamides is 1. The summed E-state index contributed by atoms with van der Waals surface area (Å²) in [5.74, 6) is 0.152. The Bertz CT molecular complexity index is 605. The molecule has 3 N–H and O–H groups in total. The molecule has 0 bridgehead atoms. The zero-order valence-corrected chi connectivity index (χ0v) is 13.9. The average molecular weight is 331 g/mol. The van der Waals surface area contributed by atoms with Crippen molar-refractivity contribution in [3.05, 3.63) is 15.8 Å².